The molecule has 0 saturated heterocycles. The first-order valence-corrected chi connectivity index (χ1v) is 6.80. The van der Waals surface area contributed by atoms with Crippen molar-refractivity contribution in [3.05, 3.63) is 29.8 Å². The van der Waals surface area contributed by atoms with E-state index in [-0.39, 0.29) is 10.8 Å². The highest BCUT2D eigenvalue weighted by Crippen LogP contribution is 2.25. The van der Waals surface area contributed by atoms with Crippen molar-refractivity contribution in [3.63, 3.8) is 0 Å². The number of hydrogen-bond donors (Lipinski definition) is 1. The van der Waals surface area contributed by atoms with Gasteiger partial charge in [0.2, 0.25) is 5.88 Å². The molecule has 5 nitrogen and oxygen atoms in total. The largest absolute Gasteiger partial charge is 0.368 e. The summed E-state index contributed by atoms with van der Waals surface area (Å²) in [5.41, 5.74) is 7.65. The second kappa shape index (κ2) is 3.89. The molecule has 1 heterocycles. The van der Waals surface area contributed by atoms with Crippen LogP contribution in [0.2, 0.25) is 0 Å². The third-order valence-corrected chi connectivity index (χ3v) is 3.54. The molecule has 17 heavy (non-hydrogen) atoms. The molecule has 1 aromatic carbocycles. The SMILES string of the molecule is Cc1cc(S(C)(=O)=O)ccc1-c1cc(N)on1. The quantitative estimate of drug-likeness (QED) is 0.878. The van der Waals surface area contributed by atoms with Crippen molar-refractivity contribution in [2.24, 2.45) is 0 Å². The highest BCUT2D eigenvalue weighted by molar-refractivity contribution is 7.90. The molecule has 0 aliphatic carbocycles. The zero-order chi connectivity index (χ0) is 12.6. The predicted molar refractivity (Wildman–Crippen MR) is 64.2 cm³/mol. The fourth-order valence-corrected chi connectivity index (χ4v) is 2.28. The summed E-state index contributed by atoms with van der Waals surface area (Å²) in [5, 5.41) is 3.79. The van der Waals surface area contributed by atoms with Crippen LogP contribution in [-0.2, 0) is 9.84 Å². The van der Waals surface area contributed by atoms with E-state index in [1.54, 1.807) is 24.3 Å². The van der Waals surface area contributed by atoms with Crippen LogP contribution in [0, 0.1) is 6.92 Å². The average Bonchev–Trinajstić information content (AvgIpc) is 2.63. The molecular formula is C11H12N2O3S. The number of nitrogens with two attached hydrogens (primary N) is 1. The van der Waals surface area contributed by atoms with Crippen molar-refractivity contribution < 1.29 is 12.9 Å². The summed E-state index contributed by atoms with van der Waals surface area (Å²) in [7, 11) is -3.19. The van der Waals surface area contributed by atoms with E-state index in [9.17, 15) is 8.42 Å². The summed E-state index contributed by atoms with van der Waals surface area (Å²) in [6.45, 7) is 1.81. The zero-order valence-electron chi connectivity index (χ0n) is 9.47. The Bertz CT molecular complexity index is 659. The minimum atomic E-state index is -3.19. The van der Waals surface area contributed by atoms with Gasteiger partial charge in [-0.15, -0.1) is 0 Å². The molecule has 90 valence electrons. The van der Waals surface area contributed by atoms with Crippen LogP contribution in [0.1, 0.15) is 5.56 Å². The van der Waals surface area contributed by atoms with Crippen molar-refractivity contribution >= 4 is 15.7 Å². The Hall–Kier alpha value is -1.82. The standard InChI is InChI=1S/C11H12N2O3S/c1-7-5-8(17(2,14)15)3-4-9(7)10-6-11(12)16-13-10/h3-6H,12H2,1-2H3. The van der Waals surface area contributed by atoms with Gasteiger partial charge in [-0.25, -0.2) is 8.42 Å². The van der Waals surface area contributed by atoms with E-state index in [1.165, 1.54) is 6.26 Å². The molecule has 1 aromatic heterocycles. The van der Waals surface area contributed by atoms with Gasteiger partial charge in [-0.3, -0.25) is 0 Å². The normalized spacial score (nSPS) is 11.6. The Balaban J connectivity index is 2.53. The molecule has 0 spiro atoms. The summed E-state index contributed by atoms with van der Waals surface area (Å²) in [6.07, 6.45) is 1.18. The molecule has 2 aromatic rings. The predicted octanol–water partition coefficient (Wildman–Crippen LogP) is 1.64. The van der Waals surface area contributed by atoms with Gasteiger partial charge in [0.15, 0.2) is 9.84 Å². The Labute approximate surface area is 99.1 Å². The molecule has 0 bridgehead atoms. The van der Waals surface area contributed by atoms with Crippen LogP contribution in [0.5, 0.6) is 0 Å². The van der Waals surface area contributed by atoms with E-state index in [2.05, 4.69) is 5.16 Å². The first-order chi connectivity index (χ1) is 7.88. The lowest BCUT2D eigenvalue weighted by Crippen LogP contribution is -1.98. The minimum Gasteiger partial charge on any atom is -0.368 e. The molecular weight excluding hydrogens is 240 g/mol. The van der Waals surface area contributed by atoms with Gasteiger partial charge in [0.1, 0.15) is 5.69 Å². The highest BCUT2D eigenvalue weighted by Gasteiger charge is 2.12. The number of aromatic nitrogens is 1. The van der Waals surface area contributed by atoms with E-state index in [1.807, 2.05) is 6.92 Å². The maximum Gasteiger partial charge on any atom is 0.222 e. The van der Waals surface area contributed by atoms with Crippen molar-refractivity contribution in [3.8, 4) is 11.3 Å². The first kappa shape index (κ1) is 11.7. The van der Waals surface area contributed by atoms with Crippen molar-refractivity contribution in [1.82, 2.24) is 5.16 Å². The lowest BCUT2D eigenvalue weighted by atomic mass is 10.1. The van der Waals surface area contributed by atoms with E-state index >= 15 is 0 Å². The van der Waals surface area contributed by atoms with Crippen LogP contribution < -0.4 is 5.73 Å². The molecule has 2 rings (SSSR count). The topological polar surface area (TPSA) is 86.2 Å². The summed E-state index contributed by atoms with van der Waals surface area (Å²) in [5.74, 6) is 0.228. The number of benzene rings is 1. The van der Waals surface area contributed by atoms with Crippen LogP contribution >= 0.6 is 0 Å². The van der Waals surface area contributed by atoms with E-state index in [0.29, 0.717) is 5.69 Å². The minimum absolute atomic E-state index is 0.228. The van der Waals surface area contributed by atoms with Crippen LogP contribution in [0.15, 0.2) is 33.7 Å². The van der Waals surface area contributed by atoms with Gasteiger partial charge < -0.3 is 10.3 Å². The van der Waals surface area contributed by atoms with Gasteiger partial charge in [0.25, 0.3) is 0 Å². The van der Waals surface area contributed by atoms with E-state index < -0.39 is 9.84 Å². The molecule has 0 saturated carbocycles. The van der Waals surface area contributed by atoms with Gasteiger partial charge in [0.05, 0.1) is 4.90 Å². The van der Waals surface area contributed by atoms with E-state index in [0.717, 1.165) is 11.1 Å². The lowest BCUT2D eigenvalue weighted by molar-refractivity contribution is 0.439. The third kappa shape index (κ3) is 2.31. The monoisotopic (exact) mass is 252 g/mol. The van der Waals surface area contributed by atoms with Crippen molar-refractivity contribution in [2.45, 2.75) is 11.8 Å². The number of hydrogen-bond acceptors (Lipinski definition) is 5. The molecule has 0 unspecified atom stereocenters. The lowest BCUT2D eigenvalue weighted by Gasteiger charge is -2.04. The molecule has 0 amide bonds. The van der Waals surface area contributed by atoms with Crippen molar-refractivity contribution in [2.75, 3.05) is 12.0 Å². The molecule has 0 radical (unpaired) electrons. The third-order valence-electron chi connectivity index (χ3n) is 2.43. The maximum atomic E-state index is 11.4. The maximum absolute atomic E-state index is 11.4. The van der Waals surface area contributed by atoms with Crippen molar-refractivity contribution in [1.29, 1.82) is 0 Å². The van der Waals surface area contributed by atoms with Crippen LogP contribution in [0.3, 0.4) is 0 Å². The van der Waals surface area contributed by atoms with Gasteiger partial charge in [-0.05, 0) is 24.6 Å². The summed E-state index contributed by atoms with van der Waals surface area (Å²) >= 11 is 0. The Kier molecular flexibility index (Phi) is 2.66. The summed E-state index contributed by atoms with van der Waals surface area (Å²) in [4.78, 5) is 0.287. The highest BCUT2D eigenvalue weighted by atomic mass is 32.2. The average molecular weight is 252 g/mol. The Morgan fingerprint density at radius 2 is 2.00 bits per heavy atom. The summed E-state index contributed by atoms with van der Waals surface area (Å²) in [6, 6.07) is 6.45. The first-order valence-electron chi connectivity index (χ1n) is 4.91. The molecule has 6 heteroatoms. The number of nitrogen functional groups attached to an aromatic ring is 1. The molecule has 0 atom stereocenters. The second-order valence-electron chi connectivity index (χ2n) is 3.86. The molecule has 2 N–H and O–H groups in total. The number of rotatable bonds is 2. The Morgan fingerprint density at radius 3 is 2.47 bits per heavy atom. The van der Waals surface area contributed by atoms with Gasteiger partial charge >= 0.3 is 0 Å². The van der Waals surface area contributed by atoms with Gasteiger partial charge in [-0.2, -0.15) is 0 Å². The van der Waals surface area contributed by atoms with Gasteiger partial charge in [-0.1, -0.05) is 11.2 Å². The number of sulfone groups is 1. The fraction of sp³-hybridized carbons (Fsp3) is 0.182. The van der Waals surface area contributed by atoms with E-state index in [4.69, 9.17) is 10.3 Å². The Morgan fingerprint density at radius 1 is 1.29 bits per heavy atom. The molecule has 0 aliphatic heterocycles. The van der Waals surface area contributed by atoms with Crippen LogP contribution in [0.4, 0.5) is 5.88 Å². The van der Waals surface area contributed by atoms with Crippen LogP contribution in [-0.4, -0.2) is 19.8 Å². The zero-order valence-corrected chi connectivity index (χ0v) is 10.3. The molecule has 0 aliphatic rings. The van der Waals surface area contributed by atoms with Crippen LogP contribution in [0.25, 0.3) is 11.3 Å². The number of nitrogens with zero attached hydrogens (tertiary/aromatic N) is 1. The number of anilines is 1. The molecule has 0 fully saturated rings. The van der Waals surface area contributed by atoms with Gasteiger partial charge in [0, 0.05) is 17.9 Å². The number of aryl methyl sites for hydroxylation is 1. The summed E-state index contributed by atoms with van der Waals surface area (Å²) < 4.78 is 27.5. The second-order valence-corrected chi connectivity index (χ2v) is 5.88. The smallest absolute Gasteiger partial charge is 0.222 e. The fourth-order valence-electron chi connectivity index (χ4n) is 1.57.